The first kappa shape index (κ1) is 16.2. The third kappa shape index (κ3) is 4.18. The lowest BCUT2D eigenvalue weighted by Crippen LogP contribution is -2.43. The third-order valence-corrected chi connectivity index (χ3v) is 3.42. The Kier molecular flexibility index (Phi) is 4.98. The highest BCUT2D eigenvalue weighted by molar-refractivity contribution is 5.87. The Balaban J connectivity index is 1.95. The Labute approximate surface area is 130 Å². The number of ether oxygens (including phenoxy) is 2. The van der Waals surface area contributed by atoms with Crippen LogP contribution in [0.5, 0.6) is 0 Å². The molecule has 2 rings (SSSR count). The molecule has 1 aromatic rings. The summed E-state index contributed by atoms with van der Waals surface area (Å²) in [6, 6.07) is 9.51. The van der Waals surface area contributed by atoms with Gasteiger partial charge in [-0.1, -0.05) is 36.4 Å². The number of ketones is 1. The molecule has 1 amide bonds. The fourth-order valence-electron chi connectivity index (χ4n) is 2.31. The van der Waals surface area contributed by atoms with Crippen molar-refractivity contribution in [3.63, 3.8) is 0 Å². The quantitative estimate of drug-likeness (QED) is 0.803. The minimum absolute atomic E-state index is 0.0495. The van der Waals surface area contributed by atoms with Gasteiger partial charge >= 0.3 is 6.09 Å². The van der Waals surface area contributed by atoms with Gasteiger partial charge in [-0.05, 0) is 32.4 Å². The number of carbonyl (C=O) groups excluding carboxylic acids is 2. The molecule has 5 nitrogen and oxygen atoms in total. The van der Waals surface area contributed by atoms with Crippen molar-refractivity contribution in [1.82, 2.24) is 4.90 Å². The molecule has 0 saturated carbocycles. The third-order valence-electron chi connectivity index (χ3n) is 3.42. The van der Waals surface area contributed by atoms with E-state index in [9.17, 15) is 9.59 Å². The number of benzene rings is 1. The van der Waals surface area contributed by atoms with Crippen LogP contribution in [-0.2, 0) is 20.9 Å². The van der Waals surface area contributed by atoms with Crippen LogP contribution in [0, 0.1) is 0 Å². The summed E-state index contributed by atoms with van der Waals surface area (Å²) in [5.74, 6) is -0.0495. The summed E-state index contributed by atoms with van der Waals surface area (Å²) in [4.78, 5) is 24.8. The van der Waals surface area contributed by atoms with Crippen LogP contribution in [0.2, 0.25) is 0 Å². The first-order valence-electron chi connectivity index (χ1n) is 7.23. The van der Waals surface area contributed by atoms with Crippen molar-refractivity contribution in [3.8, 4) is 0 Å². The van der Waals surface area contributed by atoms with E-state index < -0.39 is 11.8 Å². The number of amides is 1. The van der Waals surface area contributed by atoms with Crippen molar-refractivity contribution in [2.45, 2.75) is 39.2 Å². The second-order valence-corrected chi connectivity index (χ2v) is 5.72. The predicted octanol–water partition coefficient (Wildman–Crippen LogP) is 2.91. The van der Waals surface area contributed by atoms with E-state index in [4.69, 9.17) is 9.47 Å². The Morgan fingerprint density at radius 1 is 1.36 bits per heavy atom. The molecule has 0 unspecified atom stereocenters. The molecule has 0 aliphatic carbocycles. The average Bonchev–Trinajstić information content (AvgIpc) is 2.78. The van der Waals surface area contributed by atoms with Crippen LogP contribution >= 0.6 is 0 Å². The molecule has 0 spiro atoms. The van der Waals surface area contributed by atoms with E-state index in [1.807, 2.05) is 30.3 Å². The topological polar surface area (TPSA) is 55.8 Å². The van der Waals surface area contributed by atoms with Gasteiger partial charge in [0.25, 0.3) is 0 Å². The molecule has 1 heterocycles. The van der Waals surface area contributed by atoms with Gasteiger partial charge in [0.15, 0.2) is 5.78 Å². The van der Waals surface area contributed by atoms with E-state index in [0.717, 1.165) is 5.56 Å². The molecule has 118 valence electrons. The maximum absolute atomic E-state index is 12.3. The van der Waals surface area contributed by atoms with Gasteiger partial charge in [-0.25, -0.2) is 4.79 Å². The van der Waals surface area contributed by atoms with Gasteiger partial charge in [-0.2, -0.15) is 0 Å². The first-order chi connectivity index (χ1) is 10.4. The monoisotopic (exact) mass is 303 g/mol. The zero-order chi connectivity index (χ0) is 16.2. The van der Waals surface area contributed by atoms with Crippen molar-refractivity contribution in [2.75, 3.05) is 6.54 Å². The van der Waals surface area contributed by atoms with Crippen molar-refractivity contribution < 1.29 is 19.1 Å². The van der Waals surface area contributed by atoms with E-state index in [0.29, 0.717) is 6.54 Å². The molecule has 0 aromatic heterocycles. The highest BCUT2D eigenvalue weighted by atomic mass is 16.6. The van der Waals surface area contributed by atoms with Gasteiger partial charge in [0.05, 0.1) is 12.6 Å². The van der Waals surface area contributed by atoms with Gasteiger partial charge in [-0.3, -0.25) is 9.69 Å². The van der Waals surface area contributed by atoms with E-state index >= 15 is 0 Å². The molecule has 1 saturated heterocycles. The molecule has 0 bridgehead atoms. The molecular formula is C17H21NO4. The van der Waals surface area contributed by atoms with Crippen LogP contribution in [0.25, 0.3) is 0 Å². The molecule has 5 heteroatoms. The molecule has 1 atom stereocenters. The highest BCUT2D eigenvalue weighted by Crippen LogP contribution is 2.28. The summed E-state index contributed by atoms with van der Waals surface area (Å²) in [7, 11) is 0. The molecule has 1 aliphatic heterocycles. The van der Waals surface area contributed by atoms with Gasteiger partial charge in [-0.15, -0.1) is 0 Å². The van der Waals surface area contributed by atoms with Crippen molar-refractivity contribution in [2.24, 2.45) is 0 Å². The first-order valence-corrected chi connectivity index (χ1v) is 7.23. The van der Waals surface area contributed by atoms with Crippen molar-refractivity contribution in [1.29, 1.82) is 0 Å². The standard InChI is InChI=1S/C17H21NO4/c1-13(19)9-10-15-11-18(17(2,3)22-15)16(20)21-12-14-7-5-4-6-8-14/h4-10,15H,11-12H2,1-3H3/b10-9-/t15-/m1/s1. The predicted molar refractivity (Wildman–Crippen MR) is 82.1 cm³/mol. The maximum Gasteiger partial charge on any atom is 0.412 e. The van der Waals surface area contributed by atoms with E-state index in [-0.39, 0.29) is 18.5 Å². The fourth-order valence-corrected chi connectivity index (χ4v) is 2.31. The summed E-state index contributed by atoms with van der Waals surface area (Å²) < 4.78 is 11.1. The molecule has 1 aliphatic rings. The van der Waals surface area contributed by atoms with E-state index in [1.54, 1.807) is 19.9 Å². The summed E-state index contributed by atoms with van der Waals surface area (Å²) in [6.45, 7) is 5.67. The summed E-state index contributed by atoms with van der Waals surface area (Å²) in [5, 5.41) is 0. The fraction of sp³-hybridized carbons (Fsp3) is 0.412. The van der Waals surface area contributed by atoms with Gasteiger partial charge < -0.3 is 9.47 Å². The number of allylic oxidation sites excluding steroid dienone is 1. The van der Waals surface area contributed by atoms with Crippen LogP contribution in [-0.4, -0.2) is 35.2 Å². The van der Waals surface area contributed by atoms with Crippen LogP contribution in [0.15, 0.2) is 42.5 Å². The number of nitrogens with zero attached hydrogens (tertiary/aromatic N) is 1. The number of hydrogen-bond donors (Lipinski definition) is 0. The molecular weight excluding hydrogens is 282 g/mol. The molecule has 1 aromatic carbocycles. The molecule has 0 N–H and O–H groups in total. The largest absolute Gasteiger partial charge is 0.444 e. The van der Waals surface area contributed by atoms with Crippen LogP contribution < -0.4 is 0 Å². The molecule has 0 radical (unpaired) electrons. The lowest BCUT2D eigenvalue weighted by Gasteiger charge is -2.28. The number of carbonyl (C=O) groups is 2. The van der Waals surface area contributed by atoms with Gasteiger partial charge in [0, 0.05) is 0 Å². The minimum atomic E-state index is -0.764. The van der Waals surface area contributed by atoms with E-state index in [2.05, 4.69) is 0 Å². The maximum atomic E-state index is 12.3. The normalized spacial score (nSPS) is 20.3. The second kappa shape index (κ2) is 6.75. The molecule has 22 heavy (non-hydrogen) atoms. The van der Waals surface area contributed by atoms with Crippen LogP contribution in [0.4, 0.5) is 4.79 Å². The minimum Gasteiger partial charge on any atom is -0.444 e. The molecule has 1 fully saturated rings. The number of hydrogen-bond acceptors (Lipinski definition) is 4. The Bertz CT molecular complexity index is 565. The second-order valence-electron chi connectivity index (χ2n) is 5.72. The Morgan fingerprint density at radius 2 is 2.05 bits per heavy atom. The SMILES string of the molecule is CC(=O)/C=C\[C@@H]1CN(C(=O)OCc2ccccc2)C(C)(C)O1. The lowest BCUT2D eigenvalue weighted by molar-refractivity contribution is -0.112. The summed E-state index contributed by atoms with van der Waals surface area (Å²) in [5.41, 5.74) is 0.168. The smallest absolute Gasteiger partial charge is 0.412 e. The highest BCUT2D eigenvalue weighted by Gasteiger charge is 2.42. The number of rotatable bonds is 4. The average molecular weight is 303 g/mol. The van der Waals surface area contributed by atoms with Crippen molar-refractivity contribution >= 4 is 11.9 Å². The van der Waals surface area contributed by atoms with Crippen LogP contribution in [0.1, 0.15) is 26.3 Å². The Hall–Kier alpha value is -2.14. The van der Waals surface area contributed by atoms with Gasteiger partial charge in [0.2, 0.25) is 0 Å². The summed E-state index contributed by atoms with van der Waals surface area (Å²) >= 11 is 0. The van der Waals surface area contributed by atoms with E-state index in [1.165, 1.54) is 17.9 Å². The summed E-state index contributed by atoms with van der Waals surface area (Å²) in [6.07, 6.45) is 2.41. The lowest BCUT2D eigenvalue weighted by atomic mass is 10.2. The Morgan fingerprint density at radius 3 is 2.68 bits per heavy atom. The zero-order valence-corrected chi connectivity index (χ0v) is 13.1. The van der Waals surface area contributed by atoms with Crippen LogP contribution in [0.3, 0.4) is 0 Å². The van der Waals surface area contributed by atoms with Gasteiger partial charge in [0.1, 0.15) is 12.3 Å². The van der Waals surface area contributed by atoms with Crippen molar-refractivity contribution in [3.05, 3.63) is 48.0 Å². The zero-order valence-electron chi connectivity index (χ0n) is 13.1.